The highest BCUT2D eigenvalue weighted by Gasteiger charge is 2.57. The van der Waals surface area contributed by atoms with Gasteiger partial charge in [-0.1, -0.05) is 30.3 Å². The summed E-state index contributed by atoms with van der Waals surface area (Å²) in [4.78, 5) is 28.4. The minimum absolute atomic E-state index is 0.237. The molecular formula is C22H17N3O3. The molecule has 2 N–H and O–H groups in total. The van der Waals surface area contributed by atoms with Crippen LogP contribution in [-0.4, -0.2) is 18.9 Å². The molecule has 1 atom stereocenters. The van der Waals surface area contributed by atoms with Crippen LogP contribution in [0.3, 0.4) is 0 Å². The van der Waals surface area contributed by atoms with Crippen LogP contribution < -0.4 is 20.3 Å². The number of nitrogens with one attached hydrogen (secondary N) is 2. The molecule has 0 aromatic heterocycles. The maximum absolute atomic E-state index is 13.5. The third kappa shape index (κ3) is 2.08. The van der Waals surface area contributed by atoms with Crippen LogP contribution in [0.25, 0.3) is 0 Å². The maximum Gasteiger partial charge on any atom is 0.276 e. The highest BCUT2D eigenvalue weighted by atomic mass is 16.5. The largest absolute Gasteiger partial charge is 0.497 e. The van der Waals surface area contributed by atoms with Gasteiger partial charge in [-0.25, -0.2) is 0 Å². The number of ether oxygens (including phenoxy) is 1. The Morgan fingerprint density at radius 3 is 2.43 bits per heavy atom. The third-order valence-corrected chi connectivity index (χ3v) is 5.22. The Labute approximate surface area is 161 Å². The van der Waals surface area contributed by atoms with Crippen molar-refractivity contribution in [2.45, 2.75) is 5.66 Å². The summed E-state index contributed by atoms with van der Waals surface area (Å²) in [7, 11) is 1.57. The van der Waals surface area contributed by atoms with Crippen LogP contribution in [0.5, 0.6) is 5.75 Å². The standard InChI is InChI=1S/C22H17N3O3/c1-28-15-11-12-17-19(13-15)23-21(27)22(17)24-18-10-6-5-9-16(18)20(26)25(22)14-7-3-2-4-8-14/h2-13,24H,1H3,(H,23,27). The molecule has 28 heavy (non-hydrogen) atoms. The Morgan fingerprint density at radius 1 is 0.893 bits per heavy atom. The number of carbonyl (C=O) groups excluding carboxylic acids is 2. The highest BCUT2D eigenvalue weighted by molar-refractivity contribution is 6.22. The molecule has 2 aliphatic heterocycles. The van der Waals surface area contributed by atoms with Crippen LogP contribution >= 0.6 is 0 Å². The zero-order chi connectivity index (χ0) is 19.3. The first-order valence-corrected chi connectivity index (χ1v) is 8.92. The van der Waals surface area contributed by atoms with Crippen molar-refractivity contribution in [1.82, 2.24) is 0 Å². The Bertz CT molecular complexity index is 1110. The SMILES string of the molecule is COc1ccc2c(c1)NC(=O)C21Nc2ccccc2C(=O)N1c1ccccc1. The number of para-hydroxylation sites is 2. The molecule has 0 radical (unpaired) electrons. The topological polar surface area (TPSA) is 70.7 Å². The van der Waals surface area contributed by atoms with E-state index in [1.807, 2.05) is 54.6 Å². The average molecular weight is 371 g/mol. The van der Waals surface area contributed by atoms with Gasteiger partial charge in [0.2, 0.25) is 5.66 Å². The van der Waals surface area contributed by atoms with Crippen molar-refractivity contribution >= 4 is 28.9 Å². The van der Waals surface area contributed by atoms with Crippen LogP contribution in [0, 0.1) is 0 Å². The van der Waals surface area contributed by atoms with Gasteiger partial charge in [0.15, 0.2) is 0 Å². The average Bonchev–Trinajstić information content (AvgIpc) is 2.99. The van der Waals surface area contributed by atoms with E-state index in [0.717, 1.165) is 0 Å². The zero-order valence-corrected chi connectivity index (χ0v) is 15.1. The summed E-state index contributed by atoms with van der Waals surface area (Å²) in [6.07, 6.45) is 0. The first kappa shape index (κ1) is 16.4. The molecule has 6 heteroatoms. The van der Waals surface area contributed by atoms with E-state index < -0.39 is 5.66 Å². The lowest BCUT2D eigenvalue weighted by molar-refractivity contribution is -0.119. The molecule has 6 nitrogen and oxygen atoms in total. The predicted octanol–water partition coefficient (Wildman–Crippen LogP) is 3.57. The van der Waals surface area contributed by atoms with Crippen molar-refractivity contribution in [3.63, 3.8) is 0 Å². The lowest BCUT2D eigenvalue weighted by Gasteiger charge is -2.44. The van der Waals surface area contributed by atoms with E-state index in [1.54, 1.807) is 25.3 Å². The Balaban J connectivity index is 1.80. The van der Waals surface area contributed by atoms with E-state index in [2.05, 4.69) is 10.6 Å². The summed E-state index contributed by atoms with van der Waals surface area (Å²) in [5, 5.41) is 6.26. The van der Waals surface area contributed by atoms with Gasteiger partial charge < -0.3 is 15.4 Å². The first-order valence-electron chi connectivity index (χ1n) is 8.92. The fourth-order valence-corrected chi connectivity index (χ4v) is 3.94. The predicted molar refractivity (Wildman–Crippen MR) is 107 cm³/mol. The first-order chi connectivity index (χ1) is 13.6. The van der Waals surface area contributed by atoms with E-state index in [4.69, 9.17) is 4.74 Å². The van der Waals surface area contributed by atoms with Gasteiger partial charge in [0.25, 0.3) is 11.8 Å². The number of rotatable bonds is 2. The van der Waals surface area contributed by atoms with E-state index in [0.29, 0.717) is 33.9 Å². The number of carbonyl (C=O) groups is 2. The van der Waals surface area contributed by atoms with Crippen molar-refractivity contribution in [2.75, 3.05) is 22.6 Å². The second-order valence-corrected chi connectivity index (χ2v) is 6.72. The van der Waals surface area contributed by atoms with Crippen molar-refractivity contribution < 1.29 is 14.3 Å². The quantitative estimate of drug-likeness (QED) is 0.722. The van der Waals surface area contributed by atoms with Crippen LogP contribution in [0.15, 0.2) is 72.8 Å². The lowest BCUT2D eigenvalue weighted by Crippen LogP contribution is -2.61. The van der Waals surface area contributed by atoms with Crippen LogP contribution in [0.2, 0.25) is 0 Å². The second kappa shape index (κ2) is 5.85. The van der Waals surface area contributed by atoms with Gasteiger partial charge in [-0.05, 0) is 36.4 Å². The van der Waals surface area contributed by atoms with Gasteiger partial charge in [0.05, 0.1) is 18.4 Å². The summed E-state index contributed by atoms with van der Waals surface area (Å²) < 4.78 is 5.29. The number of benzene rings is 3. The van der Waals surface area contributed by atoms with Gasteiger partial charge in [0, 0.05) is 23.0 Å². The van der Waals surface area contributed by atoms with Crippen molar-refractivity contribution in [3.05, 3.63) is 83.9 Å². The van der Waals surface area contributed by atoms with Crippen molar-refractivity contribution in [2.24, 2.45) is 0 Å². The summed E-state index contributed by atoms with van der Waals surface area (Å²) in [5.41, 5.74) is 1.68. The Morgan fingerprint density at radius 2 is 1.64 bits per heavy atom. The smallest absolute Gasteiger partial charge is 0.276 e. The fraction of sp³-hybridized carbons (Fsp3) is 0.0909. The molecule has 0 saturated heterocycles. The van der Waals surface area contributed by atoms with Gasteiger partial charge in [-0.2, -0.15) is 0 Å². The lowest BCUT2D eigenvalue weighted by atomic mass is 9.92. The summed E-state index contributed by atoms with van der Waals surface area (Å²) in [5.74, 6) is 0.0757. The highest BCUT2D eigenvalue weighted by Crippen LogP contribution is 2.47. The fourth-order valence-electron chi connectivity index (χ4n) is 3.94. The van der Waals surface area contributed by atoms with E-state index in [-0.39, 0.29) is 11.8 Å². The van der Waals surface area contributed by atoms with Gasteiger partial charge in [0.1, 0.15) is 5.75 Å². The number of amides is 2. The number of fused-ring (bicyclic) bond motifs is 3. The number of methoxy groups -OCH3 is 1. The monoisotopic (exact) mass is 371 g/mol. The minimum Gasteiger partial charge on any atom is -0.497 e. The van der Waals surface area contributed by atoms with Crippen molar-refractivity contribution in [1.29, 1.82) is 0 Å². The molecule has 5 rings (SSSR count). The van der Waals surface area contributed by atoms with Gasteiger partial charge in [-0.3, -0.25) is 14.5 Å². The zero-order valence-electron chi connectivity index (χ0n) is 15.1. The molecular weight excluding hydrogens is 354 g/mol. The summed E-state index contributed by atoms with van der Waals surface area (Å²) in [6.45, 7) is 0. The molecule has 0 aliphatic carbocycles. The van der Waals surface area contributed by atoms with Crippen LogP contribution in [-0.2, 0) is 10.5 Å². The molecule has 2 heterocycles. The number of nitrogens with zero attached hydrogens (tertiary/aromatic N) is 1. The van der Waals surface area contributed by atoms with Crippen LogP contribution in [0.1, 0.15) is 15.9 Å². The van der Waals surface area contributed by atoms with Gasteiger partial charge in [-0.15, -0.1) is 0 Å². The molecule has 2 amide bonds. The number of anilines is 3. The number of hydrogen-bond donors (Lipinski definition) is 2. The van der Waals surface area contributed by atoms with E-state index in [9.17, 15) is 9.59 Å². The molecule has 0 saturated carbocycles. The molecule has 0 bridgehead atoms. The minimum atomic E-state index is -1.38. The molecule has 0 fully saturated rings. The molecule has 3 aromatic rings. The molecule has 138 valence electrons. The van der Waals surface area contributed by atoms with Crippen molar-refractivity contribution in [3.8, 4) is 5.75 Å². The number of hydrogen-bond acceptors (Lipinski definition) is 4. The molecule has 2 aliphatic rings. The molecule has 1 spiro atoms. The van der Waals surface area contributed by atoms with E-state index >= 15 is 0 Å². The van der Waals surface area contributed by atoms with Crippen LogP contribution in [0.4, 0.5) is 17.1 Å². The Kier molecular flexibility index (Phi) is 3.42. The third-order valence-electron chi connectivity index (χ3n) is 5.22. The van der Waals surface area contributed by atoms with Gasteiger partial charge >= 0.3 is 0 Å². The summed E-state index contributed by atoms with van der Waals surface area (Å²) >= 11 is 0. The normalized spacial score (nSPS) is 19.7. The summed E-state index contributed by atoms with van der Waals surface area (Å²) in [6, 6.07) is 21.8. The molecule has 3 aromatic carbocycles. The Hall–Kier alpha value is -3.80. The maximum atomic E-state index is 13.5. The van der Waals surface area contributed by atoms with E-state index in [1.165, 1.54) is 4.90 Å². The molecule has 1 unspecified atom stereocenters. The second-order valence-electron chi connectivity index (χ2n) is 6.72.